The fraction of sp³-hybridized carbons (Fsp3) is 0.714. The van der Waals surface area contributed by atoms with Gasteiger partial charge in [0, 0.05) is 12.8 Å². The molecule has 0 aromatic rings. The van der Waals surface area contributed by atoms with Gasteiger partial charge in [-0.15, -0.1) is 0 Å². The number of ether oxygens (including phenoxy) is 2. The van der Waals surface area contributed by atoms with E-state index in [-0.39, 0.29) is 37.9 Å². The van der Waals surface area contributed by atoms with E-state index in [1.165, 1.54) is 0 Å². The number of amides is 2. The van der Waals surface area contributed by atoms with Gasteiger partial charge in [-0.1, -0.05) is 13.8 Å². The first-order valence-corrected chi connectivity index (χ1v) is 7.34. The first kappa shape index (κ1) is 19.9. The number of rotatable bonds is 11. The van der Waals surface area contributed by atoms with E-state index in [2.05, 4.69) is 10.6 Å². The maximum Gasteiger partial charge on any atom is 0.325 e. The van der Waals surface area contributed by atoms with Crippen LogP contribution in [0, 0.1) is 0 Å². The van der Waals surface area contributed by atoms with Crippen LogP contribution in [0.4, 0.5) is 0 Å². The van der Waals surface area contributed by atoms with Crippen molar-refractivity contribution >= 4 is 23.8 Å². The van der Waals surface area contributed by atoms with E-state index < -0.39 is 11.9 Å². The molecule has 22 heavy (non-hydrogen) atoms. The van der Waals surface area contributed by atoms with E-state index in [0.29, 0.717) is 19.4 Å². The second-order valence-electron chi connectivity index (χ2n) is 4.45. The summed E-state index contributed by atoms with van der Waals surface area (Å²) >= 11 is 0. The highest BCUT2D eigenvalue weighted by Crippen LogP contribution is 1.91. The average molecular weight is 316 g/mol. The van der Waals surface area contributed by atoms with Crippen molar-refractivity contribution in [3.05, 3.63) is 0 Å². The highest BCUT2D eigenvalue weighted by Gasteiger charge is 2.08. The summed E-state index contributed by atoms with van der Waals surface area (Å²) in [5.41, 5.74) is 0. The Morgan fingerprint density at radius 2 is 1.36 bits per heavy atom. The fourth-order valence-electron chi connectivity index (χ4n) is 1.29. The van der Waals surface area contributed by atoms with Crippen molar-refractivity contribution in [2.24, 2.45) is 0 Å². The van der Waals surface area contributed by atoms with Crippen molar-refractivity contribution in [3.63, 3.8) is 0 Å². The van der Waals surface area contributed by atoms with Gasteiger partial charge in [-0.25, -0.2) is 0 Å². The second-order valence-corrected chi connectivity index (χ2v) is 4.45. The Balaban J connectivity index is 3.57. The third-order valence-electron chi connectivity index (χ3n) is 2.46. The average Bonchev–Trinajstić information content (AvgIpc) is 2.52. The molecule has 0 aliphatic carbocycles. The molecule has 0 atom stereocenters. The SMILES string of the molecule is CCCOC(=O)CNC(=O)CCCOC(=O)CNC(=O)CC. The minimum Gasteiger partial charge on any atom is -0.464 e. The monoisotopic (exact) mass is 316 g/mol. The molecule has 0 saturated heterocycles. The van der Waals surface area contributed by atoms with Gasteiger partial charge in [-0.2, -0.15) is 0 Å². The van der Waals surface area contributed by atoms with E-state index in [9.17, 15) is 19.2 Å². The number of carbonyl (C=O) groups excluding carboxylic acids is 4. The summed E-state index contributed by atoms with van der Waals surface area (Å²) in [5, 5.41) is 4.80. The Kier molecular flexibility index (Phi) is 11.4. The van der Waals surface area contributed by atoms with E-state index in [1.807, 2.05) is 6.92 Å². The van der Waals surface area contributed by atoms with E-state index >= 15 is 0 Å². The summed E-state index contributed by atoms with van der Waals surface area (Å²) in [5.74, 6) is -1.58. The van der Waals surface area contributed by atoms with Gasteiger partial charge in [0.15, 0.2) is 0 Å². The molecule has 0 heterocycles. The molecule has 8 nitrogen and oxygen atoms in total. The molecule has 0 aromatic heterocycles. The third kappa shape index (κ3) is 11.7. The molecular weight excluding hydrogens is 292 g/mol. The number of nitrogens with one attached hydrogen (secondary N) is 2. The number of hydrogen-bond acceptors (Lipinski definition) is 6. The normalized spacial score (nSPS) is 9.73. The number of carbonyl (C=O) groups is 4. The van der Waals surface area contributed by atoms with Crippen molar-refractivity contribution in [2.45, 2.75) is 39.5 Å². The Hall–Kier alpha value is -2.12. The summed E-state index contributed by atoms with van der Waals surface area (Å²) in [6, 6.07) is 0. The molecule has 0 aliphatic heterocycles. The zero-order chi connectivity index (χ0) is 16.8. The van der Waals surface area contributed by atoms with E-state index in [4.69, 9.17) is 9.47 Å². The Morgan fingerprint density at radius 3 is 1.91 bits per heavy atom. The molecule has 0 unspecified atom stereocenters. The molecule has 0 rings (SSSR count). The highest BCUT2D eigenvalue weighted by atomic mass is 16.5. The van der Waals surface area contributed by atoms with E-state index in [0.717, 1.165) is 6.42 Å². The van der Waals surface area contributed by atoms with Crippen LogP contribution >= 0.6 is 0 Å². The maximum atomic E-state index is 11.4. The smallest absolute Gasteiger partial charge is 0.325 e. The summed E-state index contributed by atoms with van der Waals surface area (Å²) in [4.78, 5) is 44.7. The zero-order valence-electron chi connectivity index (χ0n) is 13.1. The van der Waals surface area contributed by atoms with Crippen LogP contribution in [0.25, 0.3) is 0 Å². The highest BCUT2D eigenvalue weighted by molar-refractivity contribution is 5.82. The summed E-state index contributed by atoms with van der Waals surface area (Å²) < 4.78 is 9.64. The largest absolute Gasteiger partial charge is 0.464 e. The van der Waals surface area contributed by atoms with Crippen LogP contribution in [0.2, 0.25) is 0 Å². The summed E-state index contributed by atoms with van der Waals surface area (Å²) in [6.45, 7) is 3.62. The standard InChI is InChI=1S/C14H24N2O6/c1-3-7-21-13(19)10-16-12(18)6-5-8-22-14(20)9-15-11(17)4-2/h3-10H2,1-2H3,(H,15,17)(H,16,18). The zero-order valence-corrected chi connectivity index (χ0v) is 13.1. The second kappa shape index (κ2) is 12.6. The number of hydrogen-bond donors (Lipinski definition) is 2. The Labute approximate surface area is 129 Å². The number of esters is 2. The fourth-order valence-corrected chi connectivity index (χ4v) is 1.29. The van der Waals surface area contributed by atoms with Crippen molar-refractivity contribution in [1.82, 2.24) is 10.6 Å². The third-order valence-corrected chi connectivity index (χ3v) is 2.46. The quantitative estimate of drug-likeness (QED) is 0.407. The van der Waals surface area contributed by atoms with Gasteiger partial charge in [0.2, 0.25) is 11.8 Å². The van der Waals surface area contributed by atoms with Gasteiger partial charge in [0.25, 0.3) is 0 Å². The Morgan fingerprint density at radius 1 is 0.818 bits per heavy atom. The molecule has 0 radical (unpaired) electrons. The van der Waals surface area contributed by atoms with Gasteiger partial charge < -0.3 is 20.1 Å². The lowest BCUT2D eigenvalue weighted by molar-refractivity contribution is -0.144. The van der Waals surface area contributed by atoms with Crippen LogP contribution in [-0.4, -0.2) is 50.1 Å². The van der Waals surface area contributed by atoms with Crippen molar-refractivity contribution in [2.75, 3.05) is 26.3 Å². The molecule has 0 aliphatic rings. The lowest BCUT2D eigenvalue weighted by Gasteiger charge is -2.07. The van der Waals surface area contributed by atoms with Crippen molar-refractivity contribution < 1.29 is 28.7 Å². The molecule has 0 aromatic carbocycles. The Bertz CT molecular complexity index is 384. The van der Waals surface area contributed by atoms with Gasteiger partial charge in [0.05, 0.1) is 13.2 Å². The topological polar surface area (TPSA) is 111 Å². The maximum absolute atomic E-state index is 11.4. The van der Waals surface area contributed by atoms with Crippen LogP contribution in [0.5, 0.6) is 0 Å². The van der Waals surface area contributed by atoms with Crippen LogP contribution in [-0.2, 0) is 28.7 Å². The van der Waals surface area contributed by atoms with Crippen LogP contribution in [0.1, 0.15) is 39.5 Å². The molecule has 0 saturated carbocycles. The lowest BCUT2D eigenvalue weighted by Crippen LogP contribution is -2.31. The minimum absolute atomic E-state index is 0.0779. The van der Waals surface area contributed by atoms with Crippen LogP contribution in [0.15, 0.2) is 0 Å². The molecule has 0 spiro atoms. The summed E-state index contributed by atoms with van der Waals surface area (Å²) in [7, 11) is 0. The minimum atomic E-state index is -0.551. The van der Waals surface area contributed by atoms with Gasteiger partial charge in [-0.3, -0.25) is 19.2 Å². The molecule has 0 bridgehead atoms. The molecule has 8 heteroatoms. The molecular formula is C14H24N2O6. The predicted octanol–water partition coefficient (Wildman–Crippen LogP) is -0.0946. The van der Waals surface area contributed by atoms with Crippen molar-refractivity contribution in [1.29, 1.82) is 0 Å². The van der Waals surface area contributed by atoms with Crippen LogP contribution < -0.4 is 10.6 Å². The first-order valence-electron chi connectivity index (χ1n) is 7.34. The predicted molar refractivity (Wildman–Crippen MR) is 77.8 cm³/mol. The lowest BCUT2D eigenvalue weighted by atomic mass is 10.3. The molecule has 2 N–H and O–H groups in total. The molecule has 0 fully saturated rings. The molecule has 2 amide bonds. The summed E-state index contributed by atoms with van der Waals surface area (Å²) in [6.07, 6.45) is 1.50. The molecule has 126 valence electrons. The van der Waals surface area contributed by atoms with Crippen molar-refractivity contribution in [3.8, 4) is 0 Å². The van der Waals surface area contributed by atoms with Crippen LogP contribution in [0.3, 0.4) is 0 Å². The first-order chi connectivity index (χ1) is 10.5. The van der Waals surface area contributed by atoms with Gasteiger partial charge in [-0.05, 0) is 12.8 Å². The van der Waals surface area contributed by atoms with Gasteiger partial charge in [0.1, 0.15) is 13.1 Å². The van der Waals surface area contributed by atoms with E-state index in [1.54, 1.807) is 6.92 Å². The van der Waals surface area contributed by atoms with Gasteiger partial charge >= 0.3 is 11.9 Å².